The van der Waals surface area contributed by atoms with Crippen LogP contribution in [-0.4, -0.2) is 28.2 Å². The number of anilines is 1. The van der Waals surface area contributed by atoms with E-state index in [0.717, 1.165) is 22.8 Å². The van der Waals surface area contributed by atoms with Crippen molar-refractivity contribution in [1.82, 2.24) is 0 Å². The Bertz CT molecular complexity index is 1100. The van der Waals surface area contributed by atoms with Crippen LogP contribution in [0.15, 0.2) is 42.5 Å². The minimum absolute atomic E-state index is 0.159. The molecule has 0 aliphatic rings. The molecular weight excluding hydrogens is 370 g/mol. The summed E-state index contributed by atoms with van der Waals surface area (Å²) in [4.78, 5) is 25.1. The van der Waals surface area contributed by atoms with Crippen molar-refractivity contribution < 1.29 is 24.5 Å². The SMILES string of the molecule is Cc1cc(C)c(NC(=O)[C@@H](C)OC(=O)c2cc(O)c3ccccc3c2O)c(C)c1. The maximum atomic E-state index is 12.5. The molecule has 0 fully saturated rings. The summed E-state index contributed by atoms with van der Waals surface area (Å²) >= 11 is 0. The Labute approximate surface area is 168 Å². The number of aromatic hydroxyl groups is 2. The minimum atomic E-state index is -1.10. The average Bonchev–Trinajstić information content (AvgIpc) is 2.67. The molecule has 0 heterocycles. The molecule has 1 atom stereocenters. The summed E-state index contributed by atoms with van der Waals surface area (Å²) in [5.74, 6) is -1.85. The van der Waals surface area contributed by atoms with Crippen molar-refractivity contribution in [3.05, 3.63) is 64.7 Å². The van der Waals surface area contributed by atoms with Crippen molar-refractivity contribution in [3.8, 4) is 11.5 Å². The normalized spacial score (nSPS) is 11.9. The first kappa shape index (κ1) is 20.2. The molecule has 0 saturated carbocycles. The van der Waals surface area contributed by atoms with Gasteiger partial charge in [0.1, 0.15) is 17.1 Å². The monoisotopic (exact) mass is 393 g/mol. The Morgan fingerprint density at radius 2 is 1.55 bits per heavy atom. The molecule has 0 aromatic heterocycles. The van der Waals surface area contributed by atoms with Gasteiger partial charge in [-0.25, -0.2) is 4.79 Å². The van der Waals surface area contributed by atoms with Gasteiger partial charge in [0.15, 0.2) is 6.10 Å². The standard InChI is InChI=1S/C23H23NO5/c1-12-9-13(2)20(14(3)10-12)24-22(27)15(4)29-23(28)18-11-19(25)16-7-5-6-8-17(16)21(18)26/h5-11,15,25-26H,1-4H3,(H,24,27)/t15-/m1/s1. The Kier molecular flexibility index (Phi) is 5.46. The van der Waals surface area contributed by atoms with Gasteiger partial charge in [-0.1, -0.05) is 42.0 Å². The predicted octanol–water partition coefficient (Wildman–Crippen LogP) is 4.36. The van der Waals surface area contributed by atoms with Crippen LogP contribution in [0.1, 0.15) is 34.0 Å². The van der Waals surface area contributed by atoms with E-state index in [9.17, 15) is 19.8 Å². The Morgan fingerprint density at radius 3 is 2.17 bits per heavy atom. The number of fused-ring (bicyclic) bond motifs is 1. The van der Waals surface area contributed by atoms with Gasteiger partial charge < -0.3 is 20.3 Å². The second kappa shape index (κ2) is 7.83. The molecular formula is C23H23NO5. The lowest BCUT2D eigenvalue weighted by atomic mass is 10.0. The molecule has 6 heteroatoms. The zero-order valence-corrected chi connectivity index (χ0v) is 16.7. The highest BCUT2D eigenvalue weighted by Gasteiger charge is 2.24. The van der Waals surface area contributed by atoms with E-state index in [1.54, 1.807) is 24.3 Å². The van der Waals surface area contributed by atoms with Crippen LogP contribution in [0.3, 0.4) is 0 Å². The maximum Gasteiger partial charge on any atom is 0.342 e. The van der Waals surface area contributed by atoms with Gasteiger partial charge in [-0.15, -0.1) is 0 Å². The smallest absolute Gasteiger partial charge is 0.342 e. The highest BCUT2D eigenvalue weighted by atomic mass is 16.5. The average molecular weight is 393 g/mol. The lowest BCUT2D eigenvalue weighted by Crippen LogP contribution is -2.30. The first-order chi connectivity index (χ1) is 13.7. The van der Waals surface area contributed by atoms with E-state index in [1.807, 2.05) is 32.9 Å². The molecule has 29 heavy (non-hydrogen) atoms. The van der Waals surface area contributed by atoms with Crippen LogP contribution in [0.5, 0.6) is 11.5 Å². The fourth-order valence-electron chi connectivity index (χ4n) is 3.38. The minimum Gasteiger partial charge on any atom is -0.507 e. The third-order valence-electron chi connectivity index (χ3n) is 4.79. The van der Waals surface area contributed by atoms with E-state index in [1.165, 1.54) is 6.92 Å². The van der Waals surface area contributed by atoms with E-state index >= 15 is 0 Å². The number of amides is 1. The molecule has 0 saturated heterocycles. The van der Waals surface area contributed by atoms with Crippen LogP contribution >= 0.6 is 0 Å². The second-order valence-electron chi connectivity index (χ2n) is 7.15. The third kappa shape index (κ3) is 4.01. The van der Waals surface area contributed by atoms with Crippen molar-refractivity contribution >= 4 is 28.3 Å². The topological polar surface area (TPSA) is 95.9 Å². The number of rotatable bonds is 4. The number of phenolic OH excluding ortho intramolecular Hbond substituents is 2. The molecule has 0 spiro atoms. The zero-order valence-electron chi connectivity index (χ0n) is 16.7. The second-order valence-corrected chi connectivity index (χ2v) is 7.15. The van der Waals surface area contributed by atoms with Crippen LogP contribution < -0.4 is 5.32 Å². The largest absolute Gasteiger partial charge is 0.507 e. The van der Waals surface area contributed by atoms with E-state index < -0.39 is 18.0 Å². The maximum absolute atomic E-state index is 12.5. The number of esters is 1. The molecule has 1 amide bonds. The van der Waals surface area contributed by atoms with Crippen molar-refractivity contribution in [2.75, 3.05) is 5.32 Å². The van der Waals surface area contributed by atoms with Crippen LogP contribution in [0.2, 0.25) is 0 Å². The van der Waals surface area contributed by atoms with Gasteiger partial charge in [-0.2, -0.15) is 0 Å². The molecule has 3 aromatic carbocycles. The number of hydrogen-bond donors (Lipinski definition) is 3. The summed E-state index contributed by atoms with van der Waals surface area (Å²) in [5, 5.41) is 24.1. The fraction of sp³-hybridized carbons (Fsp3) is 0.217. The quantitative estimate of drug-likeness (QED) is 0.452. The Morgan fingerprint density at radius 1 is 0.966 bits per heavy atom. The van der Waals surface area contributed by atoms with Crippen LogP contribution in [-0.2, 0) is 9.53 Å². The van der Waals surface area contributed by atoms with Gasteiger partial charge in [-0.3, -0.25) is 4.79 Å². The summed E-state index contributed by atoms with van der Waals surface area (Å²) in [7, 11) is 0. The number of aryl methyl sites for hydroxylation is 3. The lowest BCUT2D eigenvalue weighted by Gasteiger charge is -2.17. The molecule has 0 bridgehead atoms. The zero-order chi connectivity index (χ0) is 21.3. The van der Waals surface area contributed by atoms with Gasteiger partial charge in [0.2, 0.25) is 0 Å². The molecule has 0 aliphatic heterocycles. The Hall–Kier alpha value is -3.54. The molecule has 0 unspecified atom stereocenters. The number of phenols is 2. The number of carbonyl (C=O) groups excluding carboxylic acids is 2. The first-order valence-electron chi connectivity index (χ1n) is 9.22. The van der Waals surface area contributed by atoms with E-state index in [4.69, 9.17) is 4.74 Å². The first-order valence-corrected chi connectivity index (χ1v) is 9.22. The molecule has 150 valence electrons. The summed E-state index contributed by atoms with van der Waals surface area (Å²) in [6.07, 6.45) is -1.10. The molecule has 3 N–H and O–H groups in total. The van der Waals surface area contributed by atoms with Crippen molar-refractivity contribution in [2.45, 2.75) is 33.8 Å². The van der Waals surface area contributed by atoms with Crippen LogP contribution in [0, 0.1) is 20.8 Å². The lowest BCUT2D eigenvalue weighted by molar-refractivity contribution is -0.123. The van der Waals surface area contributed by atoms with Crippen LogP contribution in [0.4, 0.5) is 5.69 Å². The highest BCUT2D eigenvalue weighted by Crippen LogP contribution is 2.35. The highest BCUT2D eigenvalue weighted by molar-refractivity contribution is 6.05. The number of benzene rings is 3. The number of carbonyl (C=O) groups is 2. The molecule has 0 aliphatic carbocycles. The predicted molar refractivity (Wildman–Crippen MR) is 111 cm³/mol. The van der Waals surface area contributed by atoms with Gasteiger partial charge in [0.25, 0.3) is 5.91 Å². The summed E-state index contributed by atoms with van der Waals surface area (Å²) < 4.78 is 5.24. The van der Waals surface area contributed by atoms with Crippen molar-refractivity contribution in [3.63, 3.8) is 0 Å². The summed E-state index contributed by atoms with van der Waals surface area (Å²) in [5.41, 5.74) is 3.38. The van der Waals surface area contributed by atoms with Gasteiger partial charge in [0.05, 0.1) is 0 Å². The molecule has 3 rings (SSSR count). The van der Waals surface area contributed by atoms with E-state index in [-0.39, 0.29) is 17.1 Å². The van der Waals surface area contributed by atoms with E-state index in [0.29, 0.717) is 16.5 Å². The van der Waals surface area contributed by atoms with Crippen LogP contribution in [0.25, 0.3) is 10.8 Å². The fourth-order valence-corrected chi connectivity index (χ4v) is 3.38. The van der Waals surface area contributed by atoms with Gasteiger partial charge in [-0.05, 0) is 44.9 Å². The summed E-state index contributed by atoms with van der Waals surface area (Å²) in [6, 6.07) is 11.6. The summed E-state index contributed by atoms with van der Waals surface area (Å²) in [6.45, 7) is 7.20. The number of hydrogen-bond acceptors (Lipinski definition) is 5. The van der Waals surface area contributed by atoms with E-state index in [2.05, 4.69) is 5.32 Å². The molecule has 0 radical (unpaired) electrons. The third-order valence-corrected chi connectivity index (χ3v) is 4.79. The molecule has 3 aromatic rings. The van der Waals surface area contributed by atoms with Gasteiger partial charge >= 0.3 is 5.97 Å². The van der Waals surface area contributed by atoms with Crippen molar-refractivity contribution in [1.29, 1.82) is 0 Å². The van der Waals surface area contributed by atoms with Gasteiger partial charge in [0, 0.05) is 16.5 Å². The molecule has 6 nitrogen and oxygen atoms in total. The number of nitrogens with one attached hydrogen (secondary N) is 1. The Balaban J connectivity index is 1.80. The number of ether oxygens (including phenoxy) is 1. The van der Waals surface area contributed by atoms with Crippen molar-refractivity contribution in [2.24, 2.45) is 0 Å².